The van der Waals surface area contributed by atoms with E-state index in [1.807, 2.05) is 0 Å². The smallest absolute Gasteiger partial charge is 0.222 e. The molecule has 3 heteroatoms. The van der Waals surface area contributed by atoms with Crippen molar-refractivity contribution in [1.29, 1.82) is 0 Å². The van der Waals surface area contributed by atoms with Crippen LogP contribution < -0.4 is 0 Å². The van der Waals surface area contributed by atoms with Crippen LogP contribution in [0.25, 0.3) is 0 Å². The second-order valence-electron chi connectivity index (χ2n) is 8.64. The lowest BCUT2D eigenvalue weighted by Crippen LogP contribution is -2.51. The Morgan fingerprint density at radius 3 is 2.29 bits per heavy atom. The van der Waals surface area contributed by atoms with E-state index >= 15 is 0 Å². The predicted octanol–water partition coefficient (Wildman–Crippen LogP) is 2.76. The quantitative estimate of drug-likeness (QED) is 0.777. The molecule has 0 aromatic heterocycles. The van der Waals surface area contributed by atoms with Gasteiger partial charge >= 0.3 is 0 Å². The van der Waals surface area contributed by atoms with Gasteiger partial charge in [-0.25, -0.2) is 0 Å². The summed E-state index contributed by atoms with van der Waals surface area (Å²) in [6.45, 7) is 4.28. The largest absolute Gasteiger partial charge is 0.341 e. The highest BCUT2D eigenvalue weighted by molar-refractivity contribution is 5.78. The Kier molecular flexibility index (Phi) is 3.52. The van der Waals surface area contributed by atoms with Crippen molar-refractivity contribution in [3.05, 3.63) is 0 Å². The molecule has 0 aromatic rings. The zero-order valence-corrected chi connectivity index (χ0v) is 13.5. The molecule has 0 aromatic carbocycles. The number of hydrogen-bond acceptors (Lipinski definition) is 2. The predicted molar refractivity (Wildman–Crippen MR) is 83.9 cm³/mol. The summed E-state index contributed by atoms with van der Waals surface area (Å²) in [6, 6.07) is 0. The van der Waals surface area contributed by atoms with Crippen molar-refractivity contribution in [2.24, 2.45) is 23.2 Å². The molecule has 4 saturated carbocycles. The zero-order valence-electron chi connectivity index (χ0n) is 13.5. The summed E-state index contributed by atoms with van der Waals surface area (Å²) in [7, 11) is 2.28. The summed E-state index contributed by atoms with van der Waals surface area (Å²) < 4.78 is 0. The maximum atomic E-state index is 11.7. The van der Waals surface area contributed by atoms with E-state index in [-0.39, 0.29) is 0 Å². The van der Waals surface area contributed by atoms with Gasteiger partial charge < -0.3 is 9.80 Å². The average molecular weight is 290 g/mol. The normalized spacial score (nSPS) is 41.5. The monoisotopic (exact) mass is 290 g/mol. The van der Waals surface area contributed by atoms with Gasteiger partial charge in [-0.2, -0.15) is 0 Å². The van der Waals surface area contributed by atoms with Gasteiger partial charge in [0.05, 0.1) is 0 Å². The SMILES string of the molecule is CN(CCN1CCCC1=O)CC12CC3CC(CC(C3)C1)C2. The molecule has 0 unspecified atom stereocenters. The van der Waals surface area contributed by atoms with Crippen LogP contribution in [-0.4, -0.2) is 48.9 Å². The Bertz CT molecular complexity index is 384. The Morgan fingerprint density at radius 2 is 1.76 bits per heavy atom. The van der Waals surface area contributed by atoms with Crippen molar-refractivity contribution < 1.29 is 4.79 Å². The van der Waals surface area contributed by atoms with Crippen LogP contribution in [0.2, 0.25) is 0 Å². The summed E-state index contributed by atoms with van der Waals surface area (Å²) in [5, 5.41) is 0. The first-order valence-corrected chi connectivity index (χ1v) is 9.08. The molecular weight excluding hydrogens is 260 g/mol. The van der Waals surface area contributed by atoms with E-state index in [4.69, 9.17) is 0 Å². The van der Waals surface area contributed by atoms with Crippen molar-refractivity contribution in [3.8, 4) is 0 Å². The number of likely N-dealkylation sites (N-methyl/N-ethyl adjacent to an activating group) is 1. The Balaban J connectivity index is 1.32. The molecule has 5 rings (SSSR count). The minimum Gasteiger partial charge on any atom is -0.341 e. The lowest BCUT2D eigenvalue weighted by atomic mass is 9.49. The fraction of sp³-hybridized carbons (Fsp3) is 0.944. The highest BCUT2D eigenvalue weighted by Gasteiger charge is 2.50. The van der Waals surface area contributed by atoms with Gasteiger partial charge in [0, 0.05) is 32.6 Å². The highest BCUT2D eigenvalue weighted by atomic mass is 16.2. The Morgan fingerprint density at radius 1 is 1.14 bits per heavy atom. The summed E-state index contributed by atoms with van der Waals surface area (Å²) in [5.74, 6) is 3.51. The number of hydrogen-bond donors (Lipinski definition) is 0. The Hall–Kier alpha value is -0.570. The van der Waals surface area contributed by atoms with Crippen molar-refractivity contribution in [2.75, 3.05) is 33.2 Å². The van der Waals surface area contributed by atoms with Gasteiger partial charge in [-0.05, 0) is 75.2 Å². The summed E-state index contributed by atoms with van der Waals surface area (Å²) in [5.41, 5.74) is 0.637. The fourth-order valence-electron chi connectivity index (χ4n) is 6.37. The number of likely N-dealkylation sites (tertiary alicyclic amines) is 1. The van der Waals surface area contributed by atoms with Crippen molar-refractivity contribution in [2.45, 2.75) is 51.4 Å². The molecule has 21 heavy (non-hydrogen) atoms. The van der Waals surface area contributed by atoms with Crippen LogP contribution in [0.4, 0.5) is 0 Å². The first-order chi connectivity index (χ1) is 10.1. The molecule has 1 heterocycles. The molecule has 0 atom stereocenters. The molecule has 118 valence electrons. The maximum Gasteiger partial charge on any atom is 0.222 e. The third kappa shape index (κ3) is 2.74. The van der Waals surface area contributed by atoms with Crippen LogP contribution in [-0.2, 0) is 4.79 Å². The van der Waals surface area contributed by atoms with Crippen LogP contribution in [0.1, 0.15) is 51.4 Å². The molecule has 5 aliphatic rings. The molecule has 1 aliphatic heterocycles. The van der Waals surface area contributed by atoms with E-state index < -0.39 is 0 Å². The standard InChI is InChI=1S/C18H30N2O/c1-19(5-6-20-4-2-3-17(20)21)13-18-10-14-7-15(11-18)9-16(8-14)12-18/h14-16H,2-13H2,1H3. The number of carbonyl (C=O) groups is 1. The second kappa shape index (κ2) is 5.26. The van der Waals surface area contributed by atoms with Gasteiger partial charge in [-0.15, -0.1) is 0 Å². The molecule has 0 N–H and O–H groups in total. The van der Waals surface area contributed by atoms with Crippen molar-refractivity contribution in [1.82, 2.24) is 9.80 Å². The third-order valence-corrected chi connectivity index (χ3v) is 6.69. The lowest BCUT2D eigenvalue weighted by Gasteiger charge is -2.57. The molecule has 5 fully saturated rings. The van der Waals surface area contributed by atoms with Crippen molar-refractivity contribution in [3.63, 3.8) is 0 Å². The van der Waals surface area contributed by atoms with Crippen LogP contribution in [0.15, 0.2) is 0 Å². The van der Waals surface area contributed by atoms with E-state index in [2.05, 4.69) is 16.8 Å². The van der Waals surface area contributed by atoms with Gasteiger partial charge in [-0.3, -0.25) is 4.79 Å². The minimum atomic E-state index is 0.373. The topological polar surface area (TPSA) is 23.6 Å². The average Bonchev–Trinajstić information content (AvgIpc) is 2.79. The van der Waals surface area contributed by atoms with Gasteiger partial charge in [0.2, 0.25) is 5.91 Å². The first kappa shape index (κ1) is 14.0. The van der Waals surface area contributed by atoms with E-state index in [9.17, 15) is 4.79 Å². The number of rotatable bonds is 5. The molecule has 3 nitrogen and oxygen atoms in total. The molecule has 1 saturated heterocycles. The molecule has 0 radical (unpaired) electrons. The van der Waals surface area contributed by atoms with Gasteiger partial charge in [0.1, 0.15) is 0 Å². The molecule has 4 bridgehead atoms. The third-order valence-electron chi connectivity index (χ3n) is 6.69. The van der Waals surface area contributed by atoms with E-state index in [1.54, 1.807) is 0 Å². The molecule has 4 aliphatic carbocycles. The van der Waals surface area contributed by atoms with Crippen LogP contribution in [0.5, 0.6) is 0 Å². The second-order valence-corrected chi connectivity index (χ2v) is 8.64. The zero-order chi connectivity index (χ0) is 14.4. The van der Waals surface area contributed by atoms with E-state index in [1.165, 1.54) is 45.1 Å². The van der Waals surface area contributed by atoms with E-state index in [0.29, 0.717) is 11.3 Å². The molecule has 0 spiro atoms. The van der Waals surface area contributed by atoms with Gasteiger partial charge in [0.25, 0.3) is 0 Å². The Labute approximate surface area is 129 Å². The number of carbonyl (C=O) groups excluding carboxylic acids is 1. The van der Waals surface area contributed by atoms with Crippen LogP contribution in [0, 0.1) is 23.2 Å². The van der Waals surface area contributed by atoms with E-state index in [0.717, 1.165) is 50.2 Å². The maximum absolute atomic E-state index is 11.7. The number of amides is 1. The molecular formula is C18H30N2O. The van der Waals surface area contributed by atoms with Crippen molar-refractivity contribution >= 4 is 5.91 Å². The fourth-order valence-corrected chi connectivity index (χ4v) is 6.37. The van der Waals surface area contributed by atoms with Gasteiger partial charge in [0.15, 0.2) is 0 Å². The summed E-state index contributed by atoms with van der Waals surface area (Å²) in [4.78, 5) is 16.3. The summed E-state index contributed by atoms with van der Waals surface area (Å²) >= 11 is 0. The number of nitrogens with zero attached hydrogens (tertiary/aromatic N) is 2. The van der Waals surface area contributed by atoms with Gasteiger partial charge in [-0.1, -0.05) is 0 Å². The van der Waals surface area contributed by atoms with Crippen LogP contribution >= 0.6 is 0 Å². The molecule has 1 amide bonds. The summed E-state index contributed by atoms with van der Waals surface area (Å²) in [6.07, 6.45) is 10.9. The minimum absolute atomic E-state index is 0.373. The highest BCUT2D eigenvalue weighted by Crippen LogP contribution is 2.60. The first-order valence-electron chi connectivity index (χ1n) is 9.08. The van der Waals surface area contributed by atoms with Crippen LogP contribution in [0.3, 0.4) is 0 Å². The lowest BCUT2D eigenvalue weighted by molar-refractivity contribution is -0.127.